The van der Waals surface area contributed by atoms with Gasteiger partial charge in [-0.1, -0.05) is 12.1 Å². The van der Waals surface area contributed by atoms with Gasteiger partial charge in [-0.3, -0.25) is 14.4 Å². The predicted octanol–water partition coefficient (Wildman–Crippen LogP) is 3.37. The molecule has 0 atom stereocenters. The zero-order valence-corrected chi connectivity index (χ0v) is 13.8. The Morgan fingerprint density at radius 2 is 1.79 bits per heavy atom. The molecule has 5 nitrogen and oxygen atoms in total. The van der Waals surface area contributed by atoms with Crippen LogP contribution >= 0.6 is 0 Å². The van der Waals surface area contributed by atoms with Crippen LogP contribution in [0, 0.1) is 0 Å². The number of rotatable bonds is 3. The second kappa shape index (κ2) is 5.60. The van der Waals surface area contributed by atoms with Crippen LogP contribution in [-0.2, 0) is 10.2 Å². The van der Waals surface area contributed by atoms with Gasteiger partial charge in [0.1, 0.15) is 0 Å². The molecule has 0 spiro atoms. The largest absolute Gasteiger partial charge is 0.325 e. The minimum Gasteiger partial charge on any atom is -0.325 e. The number of hydrogen-bond donors (Lipinski definition) is 2. The topological polar surface area (TPSA) is 75.3 Å². The third-order valence-electron chi connectivity index (χ3n) is 4.30. The van der Waals surface area contributed by atoms with E-state index in [1.165, 1.54) is 6.92 Å². The number of nitrogens with one attached hydrogen (secondary N) is 2. The molecule has 0 unspecified atom stereocenters. The summed E-state index contributed by atoms with van der Waals surface area (Å²) in [4.78, 5) is 35.9. The highest BCUT2D eigenvalue weighted by molar-refractivity contribution is 6.09. The SMILES string of the molecule is CC(=O)c1cccc(NC(=O)c2ccc3c(c2)C(C)(C)C(=O)N3)c1. The summed E-state index contributed by atoms with van der Waals surface area (Å²) in [5, 5.41) is 5.60. The predicted molar refractivity (Wildman–Crippen MR) is 92.5 cm³/mol. The number of carbonyl (C=O) groups excluding carboxylic acids is 3. The highest BCUT2D eigenvalue weighted by atomic mass is 16.2. The Balaban J connectivity index is 1.87. The Morgan fingerprint density at radius 3 is 2.50 bits per heavy atom. The average molecular weight is 322 g/mol. The molecule has 3 rings (SSSR count). The molecule has 1 aliphatic heterocycles. The molecule has 0 saturated carbocycles. The first kappa shape index (κ1) is 15.9. The van der Waals surface area contributed by atoms with Crippen molar-refractivity contribution < 1.29 is 14.4 Å². The van der Waals surface area contributed by atoms with Gasteiger partial charge in [0, 0.05) is 22.5 Å². The van der Waals surface area contributed by atoms with Crippen molar-refractivity contribution in [2.45, 2.75) is 26.2 Å². The van der Waals surface area contributed by atoms with Gasteiger partial charge in [0.05, 0.1) is 5.41 Å². The van der Waals surface area contributed by atoms with Crippen LogP contribution in [0.4, 0.5) is 11.4 Å². The van der Waals surface area contributed by atoms with E-state index in [1.54, 1.807) is 42.5 Å². The summed E-state index contributed by atoms with van der Waals surface area (Å²) in [5.74, 6) is -0.423. The summed E-state index contributed by atoms with van der Waals surface area (Å²) in [5.41, 5.74) is 2.43. The summed E-state index contributed by atoms with van der Waals surface area (Å²) in [6.45, 7) is 5.13. The van der Waals surface area contributed by atoms with E-state index in [9.17, 15) is 14.4 Å². The van der Waals surface area contributed by atoms with Crippen molar-refractivity contribution in [2.75, 3.05) is 10.6 Å². The van der Waals surface area contributed by atoms with Crippen LogP contribution in [0.3, 0.4) is 0 Å². The molecule has 0 aromatic heterocycles. The third kappa shape index (κ3) is 2.69. The zero-order valence-electron chi connectivity index (χ0n) is 13.8. The number of ketones is 1. The molecule has 0 radical (unpaired) electrons. The van der Waals surface area contributed by atoms with Crippen LogP contribution in [0.25, 0.3) is 0 Å². The molecule has 2 N–H and O–H groups in total. The molecule has 2 amide bonds. The van der Waals surface area contributed by atoms with Gasteiger partial charge in [-0.15, -0.1) is 0 Å². The highest BCUT2D eigenvalue weighted by Gasteiger charge is 2.38. The van der Waals surface area contributed by atoms with Crippen molar-refractivity contribution in [1.82, 2.24) is 0 Å². The van der Waals surface area contributed by atoms with Gasteiger partial charge in [-0.25, -0.2) is 0 Å². The molecule has 24 heavy (non-hydrogen) atoms. The molecular formula is C19H18N2O3. The van der Waals surface area contributed by atoms with E-state index in [-0.39, 0.29) is 17.6 Å². The number of Topliss-reactive ketones (excluding diaryl/α,β-unsaturated/α-hetero) is 1. The highest BCUT2D eigenvalue weighted by Crippen LogP contribution is 2.37. The number of anilines is 2. The fourth-order valence-electron chi connectivity index (χ4n) is 2.73. The minimum absolute atomic E-state index is 0.0602. The first-order valence-corrected chi connectivity index (χ1v) is 7.67. The standard InChI is InChI=1S/C19H18N2O3/c1-11(22)12-5-4-6-14(9-12)20-17(23)13-7-8-16-15(10-13)19(2,3)18(24)21-16/h4-10H,1-3H3,(H,20,23)(H,21,24). The first-order chi connectivity index (χ1) is 11.3. The molecule has 0 bridgehead atoms. The van der Waals surface area contributed by atoms with E-state index in [1.807, 2.05) is 13.8 Å². The fourth-order valence-corrected chi connectivity index (χ4v) is 2.73. The first-order valence-electron chi connectivity index (χ1n) is 7.67. The summed E-state index contributed by atoms with van der Waals surface area (Å²) in [6, 6.07) is 11.9. The van der Waals surface area contributed by atoms with E-state index in [0.29, 0.717) is 16.8 Å². The summed E-state index contributed by atoms with van der Waals surface area (Å²) < 4.78 is 0. The van der Waals surface area contributed by atoms with Gasteiger partial charge in [0.15, 0.2) is 5.78 Å². The molecule has 1 heterocycles. The molecule has 2 aromatic carbocycles. The quantitative estimate of drug-likeness (QED) is 0.851. The Labute approximate surface area is 140 Å². The lowest BCUT2D eigenvalue weighted by Gasteiger charge is -2.15. The van der Waals surface area contributed by atoms with Crippen LogP contribution in [0.1, 0.15) is 47.1 Å². The van der Waals surface area contributed by atoms with Crippen LogP contribution in [0.2, 0.25) is 0 Å². The molecule has 1 aliphatic rings. The third-order valence-corrected chi connectivity index (χ3v) is 4.30. The van der Waals surface area contributed by atoms with E-state index >= 15 is 0 Å². The number of fused-ring (bicyclic) bond motifs is 1. The van der Waals surface area contributed by atoms with Crippen molar-refractivity contribution in [3.63, 3.8) is 0 Å². The van der Waals surface area contributed by atoms with Gasteiger partial charge in [-0.05, 0) is 56.7 Å². The molecule has 0 fully saturated rings. The number of carbonyl (C=O) groups is 3. The van der Waals surface area contributed by atoms with Crippen molar-refractivity contribution >= 4 is 29.0 Å². The maximum absolute atomic E-state index is 12.5. The van der Waals surface area contributed by atoms with Crippen molar-refractivity contribution in [2.24, 2.45) is 0 Å². The van der Waals surface area contributed by atoms with Gasteiger partial charge >= 0.3 is 0 Å². The van der Waals surface area contributed by atoms with Gasteiger partial charge < -0.3 is 10.6 Å². The normalized spacial score (nSPS) is 14.7. The second-order valence-electron chi connectivity index (χ2n) is 6.43. The zero-order chi connectivity index (χ0) is 17.5. The second-order valence-corrected chi connectivity index (χ2v) is 6.43. The van der Waals surface area contributed by atoms with E-state index < -0.39 is 5.41 Å². The maximum atomic E-state index is 12.5. The summed E-state index contributed by atoms with van der Waals surface area (Å²) in [7, 11) is 0. The van der Waals surface area contributed by atoms with Gasteiger partial charge in [0.25, 0.3) is 5.91 Å². The van der Waals surface area contributed by atoms with Gasteiger partial charge in [0.2, 0.25) is 5.91 Å². The fraction of sp³-hybridized carbons (Fsp3) is 0.211. The van der Waals surface area contributed by atoms with Crippen molar-refractivity contribution in [3.05, 3.63) is 59.2 Å². The van der Waals surface area contributed by atoms with E-state index in [2.05, 4.69) is 10.6 Å². The monoisotopic (exact) mass is 322 g/mol. The van der Waals surface area contributed by atoms with Gasteiger partial charge in [-0.2, -0.15) is 0 Å². The minimum atomic E-state index is -0.666. The number of hydrogen-bond acceptors (Lipinski definition) is 3. The van der Waals surface area contributed by atoms with Crippen molar-refractivity contribution in [3.8, 4) is 0 Å². The summed E-state index contributed by atoms with van der Waals surface area (Å²) in [6.07, 6.45) is 0. The Bertz CT molecular complexity index is 869. The van der Waals surface area contributed by atoms with Crippen molar-refractivity contribution in [1.29, 1.82) is 0 Å². The van der Waals surface area contributed by atoms with E-state index in [4.69, 9.17) is 0 Å². The molecule has 122 valence electrons. The van der Waals surface area contributed by atoms with E-state index in [0.717, 1.165) is 11.3 Å². The maximum Gasteiger partial charge on any atom is 0.255 e. The lowest BCUT2D eigenvalue weighted by Crippen LogP contribution is -2.27. The Hall–Kier alpha value is -2.95. The lowest BCUT2D eigenvalue weighted by atomic mass is 9.85. The summed E-state index contributed by atoms with van der Waals surface area (Å²) >= 11 is 0. The van der Waals surface area contributed by atoms with Crippen LogP contribution in [0.15, 0.2) is 42.5 Å². The number of benzene rings is 2. The smallest absolute Gasteiger partial charge is 0.255 e. The Morgan fingerprint density at radius 1 is 1.04 bits per heavy atom. The van der Waals surface area contributed by atoms with Crippen LogP contribution in [0.5, 0.6) is 0 Å². The number of amides is 2. The lowest BCUT2D eigenvalue weighted by molar-refractivity contribution is -0.119. The molecule has 0 aliphatic carbocycles. The average Bonchev–Trinajstić information content (AvgIpc) is 2.77. The molecular weight excluding hydrogens is 304 g/mol. The molecule has 0 saturated heterocycles. The molecule has 5 heteroatoms. The van der Waals surface area contributed by atoms with Crippen LogP contribution in [-0.4, -0.2) is 17.6 Å². The Kier molecular flexibility index (Phi) is 3.72. The van der Waals surface area contributed by atoms with Crippen LogP contribution < -0.4 is 10.6 Å². The molecule has 2 aromatic rings.